The van der Waals surface area contributed by atoms with Gasteiger partial charge in [0.05, 0.1) is 17.9 Å². The van der Waals surface area contributed by atoms with Gasteiger partial charge in [-0.25, -0.2) is 0 Å². The van der Waals surface area contributed by atoms with Crippen molar-refractivity contribution in [1.82, 2.24) is 0 Å². The van der Waals surface area contributed by atoms with Crippen molar-refractivity contribution in [3.63, 3.8) is 0 Å². The SMILES string of the molecule is COc1ccc2c(c1)OC(CC#N)[N+]2=O. The van der Waals surface area contributed by atoms with Crippen LogP contribution in [-0.2, 0) is 0 Å². The molecule has 1 unspecified atom stereocenters. The molecular weight excluding hydrogens is 196 g/mol. The fraction of sp³-hybridized carbons (Fsp3) is 0.300. The highest BCUT2D eigenvalue weighted by atomic mass is 16.5. The summed E-state index contributed by atoms with van der Waals surface area (Å²) in [6, 6.07) is 6.85. The molecular formula is C10H9N2O3+. The quantitative estimate of drug-likeness (QED) is 0.690. The normalized spacial score (nSPS) is 17.9. The van der Waals surface area contributed by atoms with Gasteiger partial charge in [-0.2, -0.15) is 5.26 Å². The second-order valence-corrected chi connectivity index (χ2v) is 3.09. The Bertz CT molecular complexity index is 450. The Kier molecular flexibility index (Phi) is 2.26. The highest BCUT2D eigenvalue weighted by Crippen LogP contribution is 2.38. The number of nitrogens with zero attached hydrogens (tertiary/aromatic N) is 2. The Morgan fingerprint density at radius 3 is 3.13 bits per heavy atom. The molecule has 1 atom stereocenters. The Labute approximate surface area is 86.4 Å². The van der Waals surface area contributed by atoms with Crippen molar-refractivity contribution in [3.05, 3.63) is 23.1 Å². The van der Waals surface area contributed by atoms with Gasteiger partial charge in [0.2, 0.25) is 5.75 Å². The minimum atomic E-state index is -0.739. The second-order valence-electron chi connectivity index (χ2n) is 3.09. The van der Waals surface area contributed by atoms with Crippen molar-refractivity contribution < 1.29 is 14.2 Å². The van der Waals surface area contributed by atoms with E-state index in [0.29, 0.717) is 21.9 Å². The fourth-order valence-corrected chi connectivity index (χ4v) is 1.45. The van der Waals surface area contributed by atoms with Gasteiger partial charge in [-0.1, -0.05) is 0 Å². The highest BCUT2D eigenvalue weighted by molar-refractivity contribution is 5.52. The van der Waals surface area contributed by atoms with E-state index in [-0.39, 0.29) is 6.42 Å². The van der Waals surface area contributed by atoms with Gasteiger partial charge >= 0.3 is 11.9 Å². The van der Waals surface area contributed by atoms with Gasteiger partial charge in [-0.05, 0) is 6.07 Å². The van der Waals surface area contributed by atoms with Crippen LogP contribution in [0.1, 0.15) is 6.42 Å². The van der Waals surface area contributed by atoms with Crippen molar-refractivity contribution >= 4 is 5.69 Å². The molecule has 0 amide bonds. The third-order valence-electron chi connectivity index (χ3n) is 2.19. The maximum Gasteiger partial charge on any atom is 0.363 e. The second kappa shape index (κ2) is 3.58. The van der Waals surface area contributed by atoms with Crippen LogP contribution in [0, 0.1) is 16.2 Å². The monoisotopic (exact) mass is 205 g/mol. The summed E-state index contributed by atoms with van der Waals surface area (Å²) in [5.41, 5.74) is 0.441. The summed E-state index contributed by atoms with van der Waals surface area (Å²) in [6.45, 7) is 0. The topological polar surface area (TPSA) is 62.3 Å². The van der Waals surface area contributed by atoms with Crippen molar-refractivity contribution in [2.75, 3.05) is 7.11 Å². The van der Waals surface area contributed by atoms with Gasteiger partial charge in [0.25, 0.3) is 0 Å². The predicted octanol–water partition coefficient (Wildman–Crippen LogP) is 1.74. The summed E-state index contributed by atoms with van der Waals surface area (Å²) in [5.74, 6) is 1.09. The standard InChI is InChI=1S/C10H9N2O3/c1-14-7-2-3-8-9(6-7)15-10(4-5-11)12(8)13/h2-3,6,10H,4H2,1H3/q+1. The molecule has 0 fully saturated rings. The molecule has 0 radical (unpaired) electrons. The Morgan fingerprint density at radius 1 is 1.67 bits per heavy atom. The van der Waals surface area contributed by atoms with Gasteiger partial charge in [0.1, 0.15) is 12.2 Å². The first-order chi connectivity index (χ1) is 7.26. The third kappa shape index (κ3) is 1.50. The number of ether oxygens (including phenoxy) is 2. The number of fused-ring (bicyclic) bond motifs is 1. The molecule has 1 aliphatic heterocycles. The van der Waals surface area contributed by atoms with Gasteiger partial charge in [-0.3, -0.25) is 0 Å². The highest BCUT2D eigenvalue weighted by Gasteiger charge is 2.40. The van der Waals surface area contributed by atoms with E-state index in [1.807, 2.05) is 6.07 Å². The van der Waals surface area contributed by atoms with Crippen LogP contribution in [0.3, 0.4) is 0 Å². The number of nitroso groups, excluding NO2 is 1. The van der Waals surface area contributed by atoms with E-state index in [9.17, 15) is 4.91 Å². The van der Waals surface area contributed by atoms with Crippen molar-refractivity contribution in [2.45, 2.75) is 12.6 Å². The molecule has 5 heteroatoms. The lowest BCUT2D eigenvalue weighted by Gasteiger charge is -1.98. The number of hydrogen-bond acceptors (Lipinski definition) is 4. The summed E-state index contributed by atoms with van der Waals surface area (Å²) >= 11 is 0. The van der Waals surface area contributed by atoms with Crippen LogP contribution in [0.4, 0.5) is 5.69 Å². The first kappa shape index (κ1) is 9.46. The summed E-state index contributed by atoms with van der Waals surface area (Å²) in [5, 5.41) is 8.50. The van der Waals surface area contributed by atoms with Crippen molar-refractivity contribution in [1.29, 1.82) is 5.26 Å². The van der Waals surface area contributed by atoms with E-state index >= 15 is 0 Å². The van der Waals surface area contributed by atoms with Crippen LogP contribution in [0.25, 0.3) is 0 Å². The fourth-order valence-electron chi connectivity index (χ4n) is 1.45. The third-order valence-corrected chi connectivity index (χ3v) is 2.19. The average Bonchev–Trinajstić information content (AvgIpc) is 2.56. The van der Waals surface area contributed by atoms with Crippen LogP contribution < -0.4 is 9.47 Å². The number of nitriles is 1. The van der Waals surface area contributed by atoms with Crippen LogP contribution in [0.5, 0.6) is 11.5 Å². The first-order valence-corrected chi connectivity index (χ1v) is 4.44. The van der Waals surface area contributed by atoms with Gasteiger partial charge in [-0.15, -0.1) is 0 Å². The molecule has 0 saturated heterocycles. The zero-order valence-corrected chi connectivity index (χ0v) is 8.14. The lowest BCUT2D eigenvalue weighted by atomic mass is 10.3. The Hall–Kier alpha value is -2.09. The molecule has 0 bridgehead atoms. The van der Waals surface area contributed by atoms with E-state index in [1.165, 1.54) is 0 Å². The van der Waals surface area contributed by atoms with Gasteiger partial charge in [0.15, 0.2) is 0 Å². The lowest BCUT2D eigenvalue weighted by Crippen LogP contribution is -2.19. The summed E-state index contributed by atoms with van der Waals surface area (Å²) in [7, 11) is 1.54. The smallest absolute Gasteiger partial charge is 0.363 e. The molecule has 1 heterocycles. The average molecular weight is 205 g/mol. The van der Waals surface area contributed by atoms with Gasteiger partial charge in [0, 0.05) is 17.0 Å². The summed E-state index contributed by atoms with van der Waals surface area (Å²) in [4.78, 5) is 11.6. The zero-order valence-electron chi connectivity index (χ0n) is 8.14. The molecule has 1 aromatic rings. The first-order valence-electron chi connectivity index (χ1n) is 4.44. The molecule has 0 saturated carbocycles. The zero-order chi connectivity index (χ0) is 10.8. The van der Waals surface area contributed by atoms with Crippen molar-refractivity contribution in [3.8, 4) is 17.6 Å². The molecule has 15 heavy (non-hydrogen) atoms. The van der Waals surface area contributed by atoms with Crippen molar-refractivity contribution in [2.24, 2.45) is 0 Å². The summed E-state index contributed by atoms with van der Waals surface area (Å²) in [6.07, 6.45) is -0.697. The molecule has 2 rings (SSSR count). The molecule has 76 valence electrons. The molecule has 5 nitrogen and oxygen atoms in total. The molecule has 1 aromatic carbocycles. The minimum Gasteiger partial charge on any atom is -0.497 e. The largest absolute Gasteiger partial charge is 0.497 e. The minimum absolute atomic E-state index is 0.0422. The van der Waals surface area contributed by atoms with Crippen LogP contribution in [0.2, 0.25) is 0 Å². The van der Waals surface area contributed by atoms with Crippen LogP contribution >= 0.6 is 0 Å². The van der Waals surface area contributed by atoms with E-state index in [2.05, 4.69) is 0 Å². The number of hydrogen-bond donors (Lipinski definition) is 0. The Balaban J connectivity index is 2.33. The number of methoxy groups -OCH3 is 1. The maximum absolute atomic E-state index is 11.6. The molecule has 0 spiro atoms. The van der Waals surface area contributed by atoms with E-state index in [0.717, 1.165) is 0 Å². The molecule has 0 N–H and O–H groups in total. The van der Waals surface area contributed by atoms with Gasteiger partial charge < -0.3 is 9.47 Å². The lowest BCUT2D eigenvalue weighted by molar-refractivity contribution is -0.527. The molecule has 1 aliphatic rings. The summed E-state index contributed by atoms with van der Waals surface area (Å²) < 4.78 is 11.0. The Morgan fingerprint density at radius 2 is 2.47 bits per heavy atom. The van der Waals surface area contributed by atoms with Crippen LogP contribution in [-0.4, -0.2) is 18.1 Å². The molecule has 0 aromatic heterocycles. The maximum atomic E-state index is 11.6. The van der Waals surface area contributed by atoms with Crippen LogP contribution in [0.15, 0.2) is 18.2 Å². The molecule has 0 aliphatic carbocycles. The predicted molar refractivity (Wildman–Crippen MR) is 50.9 cm³/mol. The van der Waals surface area contributed by atoms with E-state index in [4.69, 9.17) is 14.7 Å². The van der Waals surface area contributed by atoms with E-state index in [1.54, 1.807) is 25.3 Å². The number of rotatable bonds is 2. The van der Waals surface area contributed by atoms with E-state index < -0.39 is 6.23 Å². The number of benzene rings is 1.